The van der Waals surface area contributed by atoms with Crippen LogP contribution in [0.4, 0.5) is 5.82 Å². The lowest BCUT2D eigenvalue weighted by Crippen LogP contribution is -2.44. The highest BCUT2D eigenvalue weighted by Gasteiger charge is 2.27. The number of hydrogen-bond acceptors (Lipinski definition) is 5. The number of piperidine rings is 1. The number of anilines is 1. The average Bonchev–Trinajstić information content (AvgIpc) is 2.84. The highest BCUT2D eigenvalue weighted by atomic mass is 79.9. The number of nitrogens with one attached hydrogen (secondary N) is 2. The van der Waals surface area contributed by atoms with Gasteiger partial charge in [-0.15, -0.1) is 0 Å². The molecule has 0 spiro atoms. The van der Waals surface area contributed by atoms with E-state index in [0.717, 1.165) is 74.3 Å². The molecule has 2 atom stereocenters. The second-order valence-corrected chi connectivity index (χ2v) is 10.2. The Morgan fingerprint density at radius 3 is 2.97 bits per heavy atom. The first kappa shape index (κ1) is 24.7. The maximum atomic E-state index is 12.8. The smallest absolute Gasteiger partial charge is 0.312 e. The predicted molar refractivity (Wildman–Crippen MR) is 136 cm³/mol. The molecule has 2 aromatic rings. The van der Waals surface area contributed by atoms with Crippen molar-refractivity contribution < 1.29 is 14.7 Å². The highest BCUT2D eigenvalue weighted by Crippen LogP contribution is 2.22. The number of benzene rings is 1. The van der Waals surface area contributed by atoms with Gasteiger partial charge in [-0.3, -0.25) is 9.59 Å². The highest BCUT2D eigenvalue weighted by molar-refractivity contribution is 9.10. The number of rotatable bonds is 9. The monoisotopic (exact) mass is 528 g/mol. The average molecular weight is 529 g/mol. The number of carboxylic acid groups (broad SMARTS) is 1. The number of aliphatic carboxylic acids is 1. The summed E-state index contributed by atoms with van der Waals surface area (Å²) in [6.07, 6.45) is 6.02. The minimum atomic E-state index is -0.936. The molecule has 4 rings (SSSR count). The van der Waals surface area contributed by atoms with Gasteiger partial charge in [-0.25, -0.2) is 4.98 Å². The maximum Gasteiger partial charge on any atom is 0.312 e. The van der Waals surface area contributed by atoms with Crippen LogP contribution < -0.4 is 10.6 Å². The number of amides is 1. The third kappa shape index (κ3) is 6.57. The van der Waals surface area contributed by atoms with Gasteiger partial charge in [0.1, 0.15) is 5.82 Å². The molecule has 8 heteroatoms. The largest absolute Gasteiger partial charge is 0.481 e. The number of aromatic nitrogens is 1. The van der Waals surface area contributed by atoms with Gasteiger partial charge in [-0.1, -0.05) is 34.1 Å². The Morgan fingerprint density at radius 1 is 1.26 bits per heavy atom. The van der Waals surface area contributed by atoms with Gasteiger partial charge in [0, 0.05) is 29.8 Å². The number of aryl methyl sites for hydroxylation is 2. The van der Waals surface area contributed by atoms with Crippen LogP contribution in [0.5, 0.6) is 0 Å². The Hall–Kier alpha value is -2.45. The predicted octanol–water partition coefficient (Wildman–Crippen LogP) is 3.83. The maximum absolute atomic E-state index is 12.8. The van der Waals surface area contributed by atoms with Gasteiger partial charge < -0.3 is 20.6 Å². The Labute approximate surface area is 209 Å². The fraction of sp³-hybridized carbons (Fsp3) is 0.500. The summed E-state index contributed by atoms with van der Waals surface area (Å²) in [5, 5.41) is 16.0. The summed E-state index contributed by atoms with van der Waals surface area (Å²) in [7, 11) is 0. The van der Waals surface area contributed by atoms with Gasteiger partial charge in [0.2, 0.25) is 5.91 Å². The fourth-order valence-corrected chi connectivity index (χ4v) is 5.30. The van der Waals surface area contributed by atoms with Crippen LogP contribution in [-0.2, 0) is 22.4 Å². The lowest BCUT2D eigenvalue weighted by atomic mass is 9.95. The molecule has 0 saturated carbocycles. The molecule has 0 radical (unpaired) electrons. The van der Waals surface area contributed by atoms with Crippen molar-refractivity contribution in [3.63, 3.8) is 0 Å². The van der Waals surface area contributed by atoms with Crippen LogP contribution in [0.2, 0.25) is 0 Å². The topological polar surface area (TPSA) is 94.6 Å². The first-order valence-corrected chi connectivity index (χ1v) is 13.0. The molecule has 3 heterocycles. The second kappa shape index (κ2) is 11.8. The van der Waals surface area contributed by atoms with Crippen LogP contribution in [0.1, 0.15) is 48.4 Å². The van der Waals surface area contributed by atoms with E-state index < -0.39 is 11.9 Å². The molecule has 1 amide bonds. The Balaban J connectivity index is 1.24. The first-order chi connectivity index (χ1) is 16.5. The van der Waals surface area contributed by atoms with E-state index in [-0.39, 0.29) is 18.4 Å². The van der Waals surface area contributed by atoms with Crippen molar-refractivity contribution in [2.75, 3.05) is 38.0 Å². The van der Waals surface area contributed by atoms with Gasteiger partial charge in [0.25, 0.3) is 0 Å². The second-order valence-electron chi connectivity index (χ2n) is 9.27. The van der Waals surface area contributed by atoms with E-state index in [2.05, 4.69) is 43.6 Å². The summed E-state index contributed by atoms with van der Waals surface area (Å²) in [4.78, 5) is 31.8. The summed E-state index contributed by atoms with van der Waals surface area (Å²) < 4.78 is 0.826. The molecular weight excluding hydrogens is 496 g/mol. The molecule has 2 aliphatic heterocycles. The molecule has 1 fully saturated rings. The number of carboxylic acids is 1. The third-order valence-corrected chi connectivity index (χ3v) is 7.26. The molecule has 3 N–H and O–H groups in total. The van der Waals surface area contributed by atoms with Crippen molar-refractivity contribution in [2.45, 2.75) is 44.4 Å². The van der Waals surface area contributed by atoms with Crippen LogP contribution in [0, 0.1) is 5.92 Å². The molecule has 182 valence electrons. The fourth-order valence-electron chi connectivity index (χ4n) is 4.88. The number of carbonyl (C=O) groups is 2. The van der Waals surface area contributed by atoms with Gasteiger partial charge in [-0.2, -0.15) is 0 Å². The third-order valence-electron chi connectivity index (χ3n) is 6.76. The van der Waals surface area contributed by atoms with Crippen LogP contribution in [-0.4, -0.2) is 59.6 Å². The summed E-state index contributed by atoms with van der Waals surface area (Å²) in [6.45, 7) is 3.75. The molecule has 1 saturated heterocycles. The lowest BCUT2D eigenvalue weighted by molar-refractivity contribution is -0.138. The molecule has 0 aliphatic carbocycles. The normalized spacial score (nSPS) is 19.0. The zero-order valence-corrected chi connectivity index (χ0v) is 21.0. The van der Waals surface area contributed by atoms with Gasteiger partial charge in [0.05, 0.1) is 11.8 Å². The van der Waals surface area contributed by atoms with Gasteiger partial charge in [-0.05, 0) is 80.9 Å². The lowest BCUT2D eigenvalue weighted by Gasteiger charge is -2.32. The quantitative estimate of drug-likeness (QED) is 0.457. The molecule has 1 aromatic carbocycles. The minimum absolute atomic E-state index is 0.0478. The van der Waals surface area contributed by atoms with Crippen molar-refractivity contribution in [3.8, 4) is 0 Å². The zero-order chi connectivity index (χ0) is 23.9. The Morgan fingerprint density at radius 2 is 2.15 bits per heavy atom. The minimum Gasteiger partial charge on any atom is -0.481 e. The van der Waals surface area contributed by atoms with Crippen molar-refractivity contribution in [2.24, 2.45) is 5.92 Å². The van der Waals surface area contributed by atoms with E-state index in [9.17, 15) is 14.7 Å². The molecular formula is C26H33BrN4O3. The van der Waals surface area contributed by atoms with E-state index in [4.69, 9.17) is 4.98 Å². The summed E-state index contributed by atoms with van der Waals surface area (Å²) in [5.74, 6) is -0.805. The number of nitrogens with zero attached hydrogens (tertiary/aromatic N) is 2. The van der Waals surface area contributed by atoms with Crippen molar-refractivity contribution >= 4 is 33.6 Å². The SMILES string of the molecule is O=C(NCC(C(=O)O)c1cccc(Br)c1)C1CCCN(CCCc2ccc3c(n2)NCCC3)C1. The standard InChI is InChI=1S/C26H33BrN4O3/c27-21-8-1-5-19(15-21)23(26(33)34)16-29-25(32)20-7-3-13-31(17-20)14-4-9-22-11-10-18-6-2-12-28-24(18)30-22/h1,5,8,10-11,15,20,23H,2-4,6-7,9,12-14,16-17H2,(H,28,30)(H,29,32)(H,33,34). The van der Waals surface area contributed by atoms with Crippen molar-refractivity contribution in [3.05, 3.63) is 57.7 Å². The van der Waals surface area contributed by atoms with Gasteiger partial charge >= 0.3 is 5.97 Å². The van der Waals surface area contributed by atoms with Crippen LogP contribution in [0.15, 0.2) is 40.9 Å². The Bertz CT molecular complexity index is 1020. The van der Waals surface area contributed by atoms with E-state index >= 15 is 0 Å². The molecule has 1 aromatic heterocycles. The molecule has 34 heavy (non-hydrogen) atoms. The van der Waals surface area contributed by atoms with Crippen LogP contribution in [0.3, 0.4) is 0 Å². The molecule has 7 nitrogen and oxygen atoms in total. The molecule has 2 aliphatic rings. The van der Waals surface area contributed by atoms with Crippen LogP contribution >= 0.6 is 15.9 Å². The van der Waals surface area contributed by atoms with E-state index in [1.807, 2.05) is 12.1 Å². The number of halogens is 1. The number of hydrogen-bond donors (Lipinski definition) is 3. The van der Waals surface area contributed by atoms with E-state index in [1.54, 1.807) is 12.1 Å². The molecule has 0 bridgehead atoms. The van der Waals surface area contributed by atoms with Crippen molar-refractivity contribution in [1.82, 2.24) is 15.2 Å². The number of fused-ring (bicyclic) bond motifs is 1. The van der Waals surface area contributed by atoms with E-state index in [0.29, 0.717) is 5.56 Å². The van der Waals surface area contributed by atoms with Crippen molar-refractivity contribution in [1.29, 1.82) is 0 Å². The van der Waals surface area contributed by atoms with E-state index in [1.165, 1.54) is 12.0 Å². The number of likely N-dealkylation sites (tertiary alicyclic amines) is 1. The summed E-state index contributed by atoms with van der Waals surface area (Å²) in [6, 6.07) is 11.6. The van der Waals surface area contributed by atoms with Gasteiger partial charge in [0.15, 0.2) is 0 Å². The zero-order valence-electron chi connectivity index (χ0n) is 19.4. The van der Waals surface area contributed by atoms with Crippen LogP contribution in [0.25, 0.3) is 0 Å². The number of carbonyl (C=O) groups excluding carboxylic acids is 1. The summed E-state index contributed by atoms with van der Waals surface area (Å²) in [5.41, 5.74) is 3.11. The first-order valence-electron chi connectivity index (χ1n) is 12.2. The Kier molecular flexibility index (Phi) is 8.56. The molecule has 2 unspecified atom stereocenters. The number of pyridine rings is 1. The summed E-state index contributed by atoms with van der Waals surface area (Å²) >= 11 is 3.39.